The van der Waals surface area contributed by atoms with E-state index in [1.165, 1.54) is 12.4 Å². The van der Waals surface area contributed by atoms with Gasteiger partial charge in [0.2, 0.25) is 0 Å². The van der Waals surface area contributed by atoms with Crippen LogP contribution in [-0.4, -0.2) is 61.1 Å². The first-order valence-electron chi connectivity index (χ1n) is 9.03. The lowest BCUT2D eigenvalue weighted by atomic mass is 10.1. The Morgan fingerprint density at radius 2 is 1.85 bits per heavy atom. The second-order valence-electron chi connectivity index (χ2n) is 6.50. The normalized spacial score (nSPS) is 14.6. The van der Waals surface area contributed by atoms with E-state index in [0.29, 0.717) is 23.4 Å². The van der Waals surface area contributed by atoms with Gasteiger partial charge in [-0.3, -0.25) is 19.5 Å². The van der Waals surface area contributed by atoms with Crippen LogP contribution in [-0.2, 0) is 4.74 Å². The van der Waals surface area contributed by atoms with Gasteiger partial charge in [0.05, 0.1) is 24.3 Å². The zero-order valence-corrected chi connectivity index (χ0v) is 15.4. The molecule has 0 saturated carbocycles. The molecule has 2 aromatic rings. The molecule has 7 nitrogen and oxygen atoms in total. The quantitative estimate of drug-likeness (QED) is 0.811. The van der Waals surface area contributed by atoms with E-state index in [0.717, 1.165) is 38.4 Å². The summed E-state index contributed by atoms with van der Waals surface area (Å²) in [5.74, 6) is -0.531. The predicted molar refractivity (Wildman–Crippen MR) is 103 cm³/mol. The van der Waals surface area contributed by atoms with E-state index in [1.54, 1.807) is 6.07 Å². The monoisotopic (exact) mass is 368 g/mol. The maximum absolute atomic E-state index is 12.4. The van der Waals surface area contributed by atoms with Gasteiger partial charge < -0.3 is 15.4 Å². The van der Waals surface area contributed by atoms with Crippen LogP contribution >= 0.6 is 0 Å². The Labute approximate surface area is 158 Å². The lowest BCUT2D eigenvalue weighted by molar-refractivity contribution is 0.0383. The van der Waals surface area contributed by atoms with Crippen LogP contribution in [0.15, 0.2) is 42.7 Å². The highest BCUT2D eigenvalue weighted by molar-refractivity contribution is 6.05. The molecule has 3 rings (SSSR count). The van der Waals surface area contributed by atoms with Gasteiger partial charge in [-0.15, -0.1) is 0 Å². The van der Waals surface area contributed by atoms with E-state index in [9.17, 15) is 9.59 Å². The number of rotatable bonds is 6. The standard InChI is InChI=1S/C20H24N4O3/c1-15-3-2-4-18(11-15)23-20(26)17-12-16(13-21-14-17)19(25)22-5-6-24-7-9-27-10-8-24/h2-4,11-14H,5-10H2,1H3,(H,22,25)(H,23,26). The second-order valence-corrected chi connectivity index (χ2v) is 6.50. The third-order valence-corrected chi connectivity index (χ3v) is 4.36. The zero-order chi connectivity index (χ0) is 19.1. The lowest BCUT2D eigenvalue weighted by Crippen LogP contribution is -2.41. The van der Waals surface area contributed by atoms with Crippen LogP contribution in [0.4, 0.5) is 5.69 Å². The number of nitrogens with zero attached hydrogens (tertiary/aromatic N) is 2. The summed E-state index contributed by atoms with van der Waals surface area (Å²) < 4.78 is 5.31. The fourth-order valence-corrected chi connectivity index (χ4v) is 2.87. The van der Waals surface area contributed by atoms with E-state index in [1.807, 2.05) is 31.2 Å². The van der Waals surface area contributed by atoms with Crippen molar-refractivity contribution in [2.45, 2.75) is 6.92 Å². The number of ether oxygens (including phenoxy) is 1. The van der Waals surface area contributed by atoms with Gasteiger partial charge in [-0.1, -0.05) is 12.1 Å². The van der Waals surface area contributed by atoms with Crippen LogP contribution in [0.3, 0.4) is 0 Å². The minimum atomic E-state index is -0.295. The van der Waals surface area contributed by atoms with Crippen LogP contribution in [0.25, 0.3) is 0 Å². The maximum Gasteiger partial charge on any atom is 0.257 e. The smallest absolute Gasteiger partial charge is 0.257 e. The summed E-state index contributed by atoms with van der Waals surface area (Å²) in [4.78, 5) is 31.0. The largest absolute Gasteiger partial charge is 0.379 e. The Balaban J connectivity index is 1.55. The molecule has 0 atom stereocenters. The number of carbonyl (C=O) groups excluding carboxylic acids is 2. The average molecular weight is 368 g/mol. The van der Waals surface area contributed by atoms with Crippen LogP contribution in [0.5, 0.6) is 0 Å². The van der Waals surface area contributed by atoms with Crippen molar-refractivity contribution < 1.29 is 14.3 Å². The van der Waals surface area contributed by atoms with E-state index in [2.05, 4.69) is 20.5 Å². The molecule has 0 bridgehead atoms. The molecule has 27 heavy (non-hydrogen) atoms. The Hall–Kier alpha value is -2.77. The third-order valence-electron chi connectivity index (χ3n) is 4.36. The van der Waals surface area contributed by atoms with Gasteiger partial charge in [0.15, 0.2) is 0 Å². The molecule has 7 heteroatoms. The number of nitrogens with one attached hydrogen (secondary N) is 2. The zero-order valence-electron chi connectivity index (χ0n) is 15.4. The highest BCUT2D eigenvalue weighted by Gasteiger charge is 2.13. The minimum Gasteiger partial charge on any atom is -0.379 e. The molecular formula is C20H24N4O3. The molecule has 1 aliphatic heterocycles. The van der Waals surface area contributed by atoms with Gasteiger partial charge in [0, 0.05) is 44.3 Å². The number of pyridine rings is 1. The molecule has 2 N–H and O–H groups in total. The third kappa shape index (κ3) is 5.60. The Morgan fingerprint density at radius 3 is 2.59 bits per heavy atom. The Kier molecular flexibility index (Phi) is 6.51. The van der Waals surface area contributed by atoms with Crippen molar-refractivity contribution in [3.63, 3.8) is 0 Å². The maximum atomic E-state index is 12.4. The van der Waals surface area contributed by atoms with E-state index in [4.69, 9.17) is 4.74 Å². The van der Waals surface area contributed by atoms with Crippen molar-refractivity contribution in [1.82, 2.24) is 15.2 Å². The van der Waals surface area contributed by atoms with Crippen LogP contribution in [0.2, 0.25) is 0 Å². The van der Waals surface area contributed by atoms with Gasteiger partial charge in [-0.2, -0.15) is 0 Å². The molecule has 2 amide bonds. The van der Waals surface area contributed by atoms with Crippen LogP contribution in [0, 0.1) is 6.92 Å². The topological polar surface area (TPSA) is 83.6 Å². The highest BCUT2D eigenvalue weighted by atomic mass is 16.5. The molecule has 142 valence electrons. The average Bonchev–Trinajstić information content (AvgIpc) is 2.69. The SMILES string of the molecule is Cc1cccc(NC(=O)c2cncc(C(=O)NCCN3CCOCC3)c2)c1. The van der Waals surface area contributed by atoms with E-state index < -0.39 is 0 Å². The van der Waals surface area contributed by atoms with Crippen LogP contribution in [0.1, 0.15) is 26.3 Å². The van der Waals surface area contributed by atoms with Crippen molar-refractivity contribution in [2.24, 2.45) is 0 Å². The highest BCUT2D eigenvalue weighted by Crippen LogP contribution is 2.12. The molecular weight excluding hydrogens is 344 g/mol. The summed E-state index contributed by atoms with van der Waals surface area (Å²) in [5, 5.41) is 5.70. The van der Waals surface area contributed by atoms with Crippen molar-refractivity contribution in [1.29, 1.82) is 0 Å². The van der Waals surface area contributed by atoms with E-state index >= 15 is 0 Å². The van der Waals surface area contributed by atoms with E-state index in [-0.39, 0.29) is 11.8 Å². The number of amides is 2. The van der Waals surface area contributed by atoms with Gasteiger partial charge >= 0.3 is 0 Å². The van der Waals surface area contributed by atoms with Crippen LogP contribution < -0.4 is 10.6 Å². The fraction of sp³-hybridized carbons (Fsp3) is 0.350. The molecule has 1 saturated heterocycles. The van der Waals surface area contributed by atoms with Gasteiger partial charge in [-0.25, -0.2) is 0 Å². The molecule has 1 aliphatic rings. The number of carbonyl (C=O) groups is 2. The van der Waals surface area contributed by atoms with Crippen molar-refractivity contribution in [2.75, 3.05) is 44.7 Å². The summed E-state index contributed by atoms with van der Waals surface area (Å²) in [6.07, 6.45) is 2.92. The summed E-state index contributed by atoms with van der Waals surface area (Å²) >= 11 is 0. The minimum absolute atomic E-state index is 0.235. The number of morpholine rings is 1. The number of benzene rings is 1. The fourth-order valence-electron chi connectivity index (χ4n) is 2.87. The van der Waals surface area contributed by atoms with Crippen molar-refractivity contribution in [3.8, 4) is 0 Å². The molecule has 1 aromatic heterocycles. The Bertz CT molecular complexity index is 803. The number of hydrogen-bond donors (Lipinski definition) is 2. The Morgan fingerprint density at radius 1 is 1.11 bits per heavy atom. The lowest BCUT2D eigenvalue weighted by Gasteiger charge is -2.26. The summed E-state index contributed by atoms with van der Waals surface area (Å²) in [5.41, 5.74) is 2.48. The molecule has 2 heterocycles. The first kappa shape index (κ1) is 19.0. The first-order valence-corrected chi connectivity index (χ1v) is 9.03. The number of hydrogen-bond acceptors (Lipinski definition) is 5. The molecule has 1 aromatic carbocycles. The van der Waals surface area contributed by atoms with Gasteiger partial charge in [0.1, 0.15) is 0 Å². The number of aryl methyl sites for hydroxylation is 1. The molecule has 0 unspecified atom stereocenters. The second kappa shape index (κ2) is 9.25. The molecule has 1 fully saturated rings. The first-order chi connectivity index (χ1) is 13.1. The van der Waals surface area contributed by atoms with Crippen molar-refractivity contribution >= 4 is 17.5 Å². The van der Waals surface area contributed by atoms with Gasteiger partial charge in [-0.05, 0) is 30.7 Å². The van der Waals surface area contributed by atoms with Crippen molar-refractivity contribution in [3.05, 3.63) is 59.4 Å². The molecule has 0 spiro atoms. The number of anilines is 1. The summed E-state index contributed by atoms with van der Waals surface area (Å²) in [6, 6.07) is 9.09. The summed E-state index contributed by atoms with van der Waals surface area (Å²) in [7, 11) is 0. The van der Waals surface area contributed by atoms with Gasteiger partial charge in [0.25, 0.3) is 11.8 Å². The summed E-state index contributed by atoms with van der Waals surface area (Å²) in [6.45, 7) is 6.50. The predicted octanol–water partition coefficient (Wildman–Crippen LogP) is 1.70. The molecule has 0 radical (unpaired) electrons. The number of aromatic nitrogens is 1. The molecule has 0 aliphatic carbocycles.